The van der Waals surface area contributed by atoms with Crippen molar-refractivity contribution in [2.45, 2.75) is 85.0 Å². The van der Waals surface area contributed by atoms with Crippen LogP contribution in [0.1, 0.15) is 96.1 Å². The van der Waals surface area contributed by atoms with Gasteiger partial charge < -0.3 is 0 Å². The summed E-state index contributed by atoms with van der Waals surface area (Å²) < 4.78 is 0. The summed E-state index contributed by atoms with van der Waals surface area (Å²) in [5.74, 6) is 0.559. The van der Waals surface area contributed by atoms with Gasteiger partial charge in [-0.05, 0) is 139 Å². The number of carbonyl (C=O) groups excluding carboxylic acids is 2. The molecule has 0 saturated heterocycles. The highest BCUT2D eigenvalue weighted by Crippen LogP contribution is 2.75. The Labute approximate surface area is 274 Å². The van der Waals surface area contributed by atoms with Gasteiger partial charge in [-0.25, -0.2) is 0 Å². The zero-order chi connectivity index (χ0) is 32.6. The number of nitriles is 2. The van der Waals surface area contributed by atoms with Crippen molar-refractivity contribution in [2.75, 3.05) is 0 Å². The molecule has 4 aliphatic rings. The van der Waals surface area contributed by atoms with Crippen molar-refractivity contribution in [3.05, 3.63) is 72.3 Å². The normalized spacial score (nSPS) is 38.3. The van der Waals surface area contributed by atoms with Crippen LogP contribution in [-0.2, 0) is 9.59 Å². The van der Waals surface area contributed by atoms with Crippen molar-refractivity contribution >= 4 is 23.7 Å². The molecule has 2 aromatic heterocycles. The molecule has 6 nitrogen and oxygen atoms in total. The highest BCUT2D eigenvalue weighted by molar-refractivity contribution is 5.96. The van der Waals surface area contributed by atoms with Gasteiger partial charge in [0.1, 0.15) is 0 Å². The lowest BCUT2D eigenvalue weighted by molar-refractivity contribution is -0.213. The Morgan fingerprint density at radius 2 is 1.52 bits per heavy atom. The van der Waals surface area contributed by atoms with Gasteiger partial charge in [-0.1, -0.05) is 32.9 Å². The van der Waals surface area contributed by atoms with Crippen LogP contribution in [0.3, 0.4) is 0 Å². The lowest BCUT2D eigenvalue weighted by Crippen LogP contribution is -2.64. The van der Waals surface area contributed by atoms with E-state index in [9.17, 15) is 20.1 Å². The monoisotopic (exact) mass is 614 g/mol. The number of rotatable bonds is 8. The Balaban J connectivity index is 1.31. The molecule has 6 heteroatoms. The summed E-state index contributed by atoms with van der Waals surface area (Å²) in [7, 11) is 0. The number of aromatic nitrogens is 2. The van der Waals surface area contributed by atoms with Gasteiger partial charge in [0.25, 0.3) is 0 Å². The first-order chi connectivity index (χ1) is 22.1. The molecule has 0 aromatic carbocycles. The van der Waals surface area contributed by atoms with Gasteiger partial charge >= 0.3 is 0 Å². The molecule has 46 heavy (non-hydrogen) atoms. The van der Waals surface area contributed by atoms with Crippen LogP contribution in [-0.4, -0.2) is 21.5 Å². The van der Waals surface area contributed by atoms with Crippen molar-refractivity contribution in [1.82, 2.24) is 9.97 Å². The molecule has 0 radical (unpaired) electrons. The van der Waals surface area contributed by atoms with E-state index in [0.717, 1.165) is 62.5 Å². The fourth-order valence-corrected chi connectivity index (χ4v) is 11.2. The molecular formula is C40H46N4O2. The van der Waals surface area contributed by atoms with Crippen molar-refractivity contribution in [1.29, 1.82) is 10.5 Å². The second-order valence-corrected chi connectivity index (χ2v) is 15.3. The predicted octanol–water partition coefficient (Wildman–Crippen LogP) is 8.43. The number of hydrogen-bond donors (Lipinski definition) is 0. The van der Waals surface area contributed by atoms with E-state index in [-0.39, 0.29) is 57.4 Å². The van der Waals surface area contributed by atoms with E-state index in [4.69, 9.17) is 0 Å². The molecule has 0 aliphatic heterocycles. The Morgan fingerprint density at radius 1 is 0.848 bits per heavy atom. The zero-order valence-electron chi connectivity index (χ0n) is 27.5. The van der Waals surface area contributed by atoms with Gasteiger partial charge in [-0.2, -0.15) is 10.5 Å². The molecule has 0 N–H and O–H groups in total. The highest BCUT2D eigenvalue weighted by atomic mass is 16.1. The summed E-state index contributed by atoms with van der Waals surface area (Å²) in [4.78, 5) is 36.2. The Bertz CT molecular complexity index is 1600. The minimum Gasteiger partial charge on any atom is -0.295 e. The number of nitrogens with zero attached hydrogens (tertiary/aromatic N) is 4. The summed E-state index contributed by atoms with van der Waals surface area (Å²) in [6.45, 7) is 7.18. The van der Waals surface area contributed by atoms with Crippen molar-refractivity contribution in [2.24, 2.45) is 51.2 Å². The molecule has 0 bridgehead atoms. The van der Waals surface area contributed by atoms with Gasteiger partial charge in [0.2, 0.25) is 0 Å². The summed E-state index contributed by atoms with van der Waals surface area (Å²) in [5, 5.41) is 20.4. The van der Waals surface area contributed by atoms with Crippen LogP contribution in [0.25, 0.3) is 12.2 Å². The van der Waals surface area contributed by atoms with E-state index in [0.29, 0.717) is 12.8 Å². The lowest BCUT2D eigenvalue weighted by Gasteiger charge is -2.70. The van der Waals surface area contributed by atoms with E-state index >= 15 is 0 Å². The van der Waals surface area contributed by atoms with Gasteiger partial charge in [-0.3, -0.25) is 19.6 Å². The fraction of sp³-hybridized carbons (Fsp3) is 0.550. The summed E-state index contributed by atoms with van der Waals surface area (Å²) in [6.07, 6.45) is 22.3. The average molecular weight is 615 g/mol. The molecule has 0 unspecified atom stereocenters. The zero-order valence-corrected chi connectivity index (χ0v) is 27.5. The summed E-state index contributed by atoms with van der Waals surface area (Å²) in [5.41, 5.74) is 0.915. The number of allylic oxidation sites excluding steroid dienone is 2. The first kappa shape index (κ1) is 32.1. The largest absolute Gasteiger partial charge is 0.295 e. The standard InChI is InChI=1S/C40H46N4O2/c1-37(17-6-22-41)31(34(46)13-10-29-8-5-24-44-26-29)16-18-39(3)35(37)14-11-32-36-30(33(45)12-9-28-7-4-23-43-25-28)15-19-40(36,27-42)21-20-38(32,39)2/h4-5,7-10,12-13,23-26,30-32,35-36H,6,11,14-21H2,1-3H3/b12-9+,13-10+/t30-,31-,32+,35+,36+,37-,38+,39+,40+/m0/s1. The van der Waals surface area contributed by atoms with Crippen LogP contribution in [0.5, 0.6) is 0 Å². The SMILES string of the molecule is C[C@@]1(CCC#N)[C@H]2CC[C@@H]3[C@H]4[C@H](C(=O)/C=C/c5cccnc5)CC[C@]4(C#N)CC[C@@]3(C)[C@]2(C)CC[C@H]1C(=O)/C=C/c1cccnc1. The maximum Gasteiger partial charge on any atom is 0.159 e. The van der Waals surface area contributed by atoms with Crippen LogP contribution in [0.4, 0.5) is 0 Å². The Hall–Kier alpha value is -3.90. The Kier molecular flexibility index (Phi) is 8.62. The third-order valence-electron chi connectivity index (χ3n) is 13.7. The van der Waals surface area contributed by atoms with Gasteiger partial charge in [0.15, 0.2) is 11.6 Å². The predicted molar refractivity (Wildman–Crippen MR) is 178 cm³/mol. The van der Waals surface area contributed by atoms with E-state index in [1.807, 2.05) is 36.4 Å². The second-order valence-electron chi connectivity index (χ2n) is 15.3. The Morgan fingerprint density at radius 3 is 2.13 bits per heavy atom. The smallest absolute Gasteiger partial charge is 0.159 e. The molecule has 2 heterocycles. The van der Waals surface area contributed by atoms with Crippen LogP contribution in [0.2, 0.25) is 0 Å². The van der Waals surface area contributed by atoms with E-state index in [1.54, 1.807) is 36.9 Å². The van der Waals surface area contributed by atoms with Gasteiger partial charge in [0.05, 0.1) is 17.6 Å². The second kappa shape index (κ2) is 12.4. The fourth-order valence-electron chi connectivity index (χ4n) is 11.2. The van der Waals surface area contributed by atoms with Crippen LogP contribution in [0.15, 0.2) is 61.2 Å². The number of carbonyl (C=O) groups is 2. The molecule has 4 aliphatic carbocycles. The maximum absolute atomic E-state index is 13.9. The summed E-state index contributed by atoms with van der Waals surface area (Å²) in [6, 6.07) is 12.8. The first-order valence-corrected chi connectivity index (χ1v) is 17.1. The molecule has 4 saturated carbocycles. The molecule has 0 spiro atoms. The van der Waals surface area contributed by atoms with Crippen LogP contribution in [0, 0.1) is 73.9 Å². The molecular weight excluding hydrogens is 568 g/mol. The molecule has 6 rings (SSSR count). The molecule has 2 aromatic rings. The van der Waals surface area contributed by atoms with Gasteiger partial charge in [-0.15, -0.1) is 0 Å². The first-order valence-electron chi connectivity index (χ1n) is 17.1. The third-order valence-corrected chi connectivity index (χ3v) is 13.7. The lowest BCUT2D eigenvalue weighted by atomic mass is 9.34. The quantitative estimate of drug-likeness (QED) is 0.276. The van der Waals surface area contributed by atoms with Crippen molar-refractivity contribution in [3.8, 4) is 12.1 Å². The minimum absolute atomic E-state index is 0.0345. The highest BCUT2D eigenvalue weighted by Gasteiger charge is 2.70. The van der Waals surface area contributed by atoms with Gasteiger partial charge in [0, 0.05) is 43.0 Å². The molecule has 0 amide bonds. The number of ketones is 2. The van der Waals surface area contributed by atoms with E-state index in [1.165, 1.54) is 0 Å². The number of pyridine rings is 2. The summed E-state index contributed by atoms with van der Waals surface area (Å²) >= 11 is 0. The minimum atomic E-state index is -0.454. The third kappa shape index (κ3) is 5.15. The topological polar surface area (TPSA) is 107 Å². The van der Waals surface area contributed by atoms with Crippen molar-refractivity contribution < 1.29 is 9.59 Å². The van der Waals surface area contributed by atoms with E-state index < -0.39 is 5.41 Å². The van der Waals surface area contributed by atoms with Crippen molar-refractivity contribution in [3.63, 3.8) is 0 Å². The maximum atomic E-state index is 13.9. The van der Waals surface area contributed by atoms with Crippen LogP contribution < -0.4 is 0 Å². The molecule has 4 fully saturated rings. The number of hydrogen-bond acceptors (Lipinski definition) is 6. The van der Waals surface area contributed by atoms with E-state index in [2.05, 4.69) is 42.9 Å². The molecule has 9 atom stereocenters. The average Bonchev–Trinajstić information content (AvgIpc) is 3.47. The van der Waals surface area contributed by atoms with Crippen LogP contribution >= 0.6 is 0 Å². The molecule has 238 valence electrons. The number of fused-ring (bicyclic) bond motifs is 5.